The summed E-state index contributed by atoms with van der Waals surface area (Å²) >= 11 is 1.46. The number of fused-ring (bicyclic) bond motifs is 1. The molecule has 5 heteroatoms. The van der Waals surface area contributed by atoms with Crippen molar-refractivity contribution in [1.29, 1.82) is 0 Å². The maximum atomic E-state index is 13.7. The van der Waals surface area contributed by atoms with Crippen molar-refractivity contribution in [3.05, 3.63) is 77.9 Å². The lowest BCUT2D eigenvalue weighted by molar-refractivity contribution is 0.104. The zero-order valence-electron chi connectivity index (χ0n) is 19.0. The predicted octanol–water partition coefficient (Wildman–Crippen LogP) is 7.56. The van der Waals surface area contributed by atoms with E-state index >= 15 is 0 Å². The fourth-order valence-electron chi connectivity index (χ4n) is 4.79. The van der Waals surface area contributed by atoms with Crippen molar-refractivity contribution in [3.63, 3.8) is 0 Å². The van der Waals surface area contributed by atoms with Gasteiger partial charge in [0.15, 0.2) is 5.78 Å². The van der Waals surface area contributed by atoms with Gasteiger partial charge in [-0.2, -0.15) is 0 Å². The van der Waals surface area contributed by atoms with Crippen LogP contribution < -0.4 is 4.74 Å². The minimum Gasteiger partial charge on any atom is -0.508 e. The maximum absolute atomic E-state index is 13.7. The molecule has 1 aliphatic rings. The fraction of sp³-hybridized carbons (Fsp3) is 0.276. The molecule has 0 amide bonds. The largest absolute Gasteiger partial charge is 0.508 e. The van der Waals surface area contributed by atoms with Crippen molar-refractivity contribution in [2.24, 2.45) is 5.92 Å². The average Bonchev–Trinajstić information content (AvgIpc) is 3.23. The van der Waals surface area contributed by atoms with Crippen molar-refractivity contribution in [2.45, 2.75) is 38.5 Å². The van der Waals surface area contributed by atoms with Crippen LogP contribution in [-0.4, -0.2) is 22.6 Å². The van der Waals surface area contributed by atoms with E-state index in [9.17, 15) is 15.0 Å². The summed E-state index contributed by atoms with van der Waals surface area (Å²) in [5.74, 6) is 1.83. The highest BCUT2D eigenvalue weighted by Gasteiger charge is 2.22. The summed E-state index contributed by atoms with van der Waals surface area (Å²) in [5, 5.41) is 20.5. The van der Waals surface area contributed by atoms with Crippen LogP contribution in [0.15, 0.2) is 66.7 Å². The summed E-state index contributed by atoms with van der Waals surface area (Å²) in [5.41, 5.74) is 2.05. The third kappa shape index (κ3) is 4.80. The van der Waals surface area contributed by atoms with E-state index in [1.165, 1.54) is 43.4 Å². The van der Waals surface area contributed by atoms with Crippen LogP contribution in [0.3, 0.4) is 0 Å². The normalized spacial score (nSPS) is 14.4. The first kappa shape index (κ1) is 22.5. The molecule has 0 bridgehead atoms. The lowest BCUT2D eigenvalue weighted by Crippen LogP contribution is -2.10. The molecule has 0 radical (unpaired) electrons. The summed E-state index contributed by atoms with van der Waals surface area (Å²) in [4.78, 5) is 14.5. The summed E-state index contributed by atoms with van der Waals surface area (Å²) in [6, 6.07) is 19.3. The van der Waals surface area contributed by atoms with Gasteiger partial charge in [0.2, 0.25) is 0 Å². The Balaban J connectivity index is 1.39. The number of ether oxygens (including phenoxy) is 1. The number of aromatic hydroxyl groups is 2. The van der Waals surface area contributed by atoms with Crippen LogP contribution in [0.2, 0.25) is 0 Å². The van der Waals surface area contributed by atoms with Crippen molar-refractivity contribution in [1.82, 2.24) is 0 Å². The average molecular weight is 473 g/mol. The molecule has 0 spiro atoms. The molecule has 4 nitrogen and oxygen atoms in total. The van der Waals surface area contributed by atoms with Crippen LogP contribution in [-0.2, 0) is 0 Å². The van der Waals surface area contributed by atoms with E-state index < -0.39 is 0 Å². The zero-order chi connectivity index (χ0) is 23.5. The van der Waals surface area contributed by atoms with Gasteiger partial charge in [0, 0.05) is 26.1 Å². The van der Waals surface area contributed by atoms with E-state index in [0.29, 0.717) is 17.7 Å². The van der Waals surface area contributed by atoms with Crippen molar-refractivity contribution >= 4 is 27.2 Å². The lowest BCUT2D eigenvalue weighted by atomic mass is 9.87. The number of hydrogen-bond donors (Lipinski definition) is 2. The van der Waals surface area contributed by atoms with Crippen LogP contribution in [0.25, 0.3) is 20.5 Å². The third-order valence-corrected chi connectivity index (χ3v) is 7.87. The highest BCUT2D eigenvalue weighted by Crippen LogP contribution is 2.41. The molecule has 0 atom stereocenters. The number of rotatable bonds is 7. The Hall–Kier alpha value is -3.31. The monoisotopic (exact) mass is 472 g/mol. The quantitative estimate of drug-likeness (QED) is 0.272. The Bertz CT molecular complexity index is 1280. The molecule has 0 saturated heterocycles. The highest BCUT2D eigenvalue weighted by atomic mass is 32.1. The maximum Gasteiger partial charge on any atom is 0.195 e. The molecule has 0 unspecified atom stereocenters. The van der Waals surface area contributed by atoms with Crippen molar-refractivity contribution < 1.29 is 19.7 Å². The molecule has 1 saturated carbocycles. The van der Waals surface area contributed by atoms with Gasteiger partial charge < -0.3 is 14.9 Å². The van der Waals surface area contributed by atoms with Gasteiger partial charge >= 0.3 is 0 Å². The van der Waals surface area contributed by atoms with E-state index in [1.807, 2.05) is 24.3 Å². The number of carbonyl (C=O) groups excluding carboxylic acids is 1. The van der Waals surface area contributed by atoms with Crippen LogP contribution in [0.5, 0.6) is 17.2 Å². The number of benzene rings is 3. The number of hydrogen-bond acceptors (Lipinski definition) is 5. The molecule has 34 heavy (non-hydrogen) atoms. The van der Waals surface area contributed by atoms with Gasteiger partial charge in [0.25, 0.3) is 0 Å². The zero-order valence-corrected chi connectivity index (χ0v) is 19.8. The first-order valence-corrected chi connectivity index (χ1v) is 12.7. The van der Waals surface area contributed by atoms with Gasteiger partial charge in [0.05, 0.1) is 6.61 Å². The second kappa shape index (κ2) is 9.90. The molecule has 4 aromatic rings. The number of thiophene rings is 1. The minimum atomic E-state index is -0.0752. The third-order valence-electron chi connectivity index (χ3n) is 6.67. The Morgan fingerprint density at radius 1 is 0.882 bits per heavy atom. The SMILES string of the molecule is O=C(c1ccc(OCCC2CCCCC2)cc1)c1c(-c2ccc(O)cc2)sc2cc(O)ccc12. The molecule has 3 aromatic carbocycles. The smallest absolute Gasteiger partial charge is 0.195 e. The molecule has 2 N–H and O–H groups in total. The van der Waals surface area contributed by atoms with Crippen LogP contribution in [0.1, 0.15) is 54.4 Å². The predicted molar refractivity (Wildman–Crippen MR) is 137 cm³/mol. The highest BCUT2D eigenvalue weighted by molar-refractivity contribution is 7.22. The molecule has 1 fully saturated rings. The van der Waals surface area contributed by atoms with Gasteiger partial charge in [-0.25, -0.2) is 0 Å². The summed E-state index contributed by atoms with van der Waals surface area (Å²) in [6.07, 6.45) is 7.75. The van der Waals surface area contributed by atoms with E-state index in [4.69, 9.17) is 4.74 Å². The van der Waals surface area contributed by atoms with E-state index in [1.54, 1.807) is 42.5 Å². The van der Waals surface area contributed by atoms with Gasteiger partial charge in [0.1, 0.15) is 17.2 Å². The van der Waals surface area contributed by atoms with E-state index in [2.05, 4.69) is 0 Å². The van der Waals surface area contributed by atoms with Gasteiger partial charge in [-0.3, -0.25) is 4.79 Å². The summed E-state index contributed by atoms with van der Waals surface area (Å²) in [7, 11) is 0. The summed E-state index contributed by atoms with van der Waals surface area (Å²) < 4.78 is 6.80. The fourth-order valence-corrected chi connectivity index (χ4v) is 6.03. The number of phenols is 2. The number of ketones is 1. The van der Waals surface area contributed by atoms with Crippen molar-refractivity contribution in [3.8, 4) is 27.7 Å². The molecule has 174 valence electrons. The lowest BCUT2D eigenvalue weighted by Gasteiger charge is -2.21. The van der Waals surface area contributed by atoms with Gasteiger partial charge in [-0.05, 0) is 84.6 Å². The van der Waals surface area contributed by atoms with Crippen LogP contribution in [0, 0.1) is 5.92 Å². The Morgan fingerprint density at radius 3 is 2.32 bits per heavy atom. The second-order valence-electron chi connectivity index (χ2n) is 9.03. The van der Waals surface area contributed by atoms with Gasteiger partial charge in [-0.1, -0.05) is 32.1 Å². The van der Waals surface area contributed by atoms with Crippen LogP contribution >= 0.6 is 11.3 Å². The molecule has 1 heterocycles. The molecule has 0 aliphatic heterocycles. The Morgan fingerprint density at radius 2 is 1.59 bits per heavy atom. The number of carbonyl (C=O) groups is 1. The minimum absolute atomic E-state index is 0.0752. The molecular formula is C29H28O4S. The van der Waals surface area contributed by atoms with E-state index in [-0.39, 0.29) is 17.3 Å². The molecule has 1 aliphatic carbocycles. The Labute approximate surface area is 203 Å². The second-order valence-corrected chi connectivity index (χ2v) is 10.1. The Kier molecular flexibility index (Phi) is 6.54. The van der Waals surface area contributed by atoms with Gasteiger partial charge in [-0.15, -0.1) is 11.3 Å². The van der Waals surface area contributed by atoms with E-state index in [0.717, 1.165) is 38.6 Å². The first-order valence-electron chi connectivity index (χ1n) is 11.9. The topological polar surface area (TPSA) is 66.8 Å². The standard InChI is InChI=1S/C29H28O4S/c30-22-10-6-21(7-11-22)29-27(25-15-12-23(31)18-26(25)34-29)28(32)20-8-13-24(14-9-20)33-17-16-19-4-2-1-3-5-19/h6-15,18-19,30-31H,1-5,16-17H2. The molecule has 1 aromatic heterocycles. The van der Waals surface area contributed by atoms with Crippen LogP contribution in [0.4, 0.5) is 0 Å². The summed E-state index contributed by atoms with van der Waals surface area (Å²) in [6.45, 7) is 0.710. The molecular weight excluding hydrogens is 444 g/mol. The number of phenolic OH excluding ortho intramolecular Hbond substituents is 2. The first-order chi connectivity index (χ1) is 16.6. The molecule has 5 rings (SSSR count). The van der Waals surface area contributed by atoms with Crippen molar-refractivity contribution in [2.75, 3.05) is 6.61 Å².